The molecule has 0 aromatic heterocycles. The molecule has 1 saturated carbocycles. The van der Waals surface area contributed by atoms with Crippen molar-refractivity contribution in [2.24, 2.45) is 17.6 Å². The molecule has 0 spiro atoms. The third-order valence-electron chi connectivity index (χ3n) is 2.84. The van der Waals surface area contributed by atoms with Gasteiger partial charge in [-0.1, -0.05) is 0 Å². The molecule has 1 aliphatic heterocycles. The first-order valence-electron chi connectivity index (χ1n) is 4.41. The van der Waals surface area contributed by atoms with Gasteiger partial charge in [-0.2, -0.15) is 0 Å². The lowest BCUT2D eigenvalue weighted by atomic mass is 10.3. The second-order valence-corrected chi connectivity index (χ2v) is 3.63. The molecule has 1 amide bonds. The fourth-order valence-corrected chi connectivity index (χ4v) is 2.00. The molecule has 3 unspecified atom stereocenters. The second-order valence-electron chi connectivity index (χ2n) is 3.63. The van der Waals surface area contributed by atoms with Crippen LogP contribution in [0.25, 0.3) is 0 Å². The standard InChI is InChI=1S/C8H14N2O2/c9-7-5-4-10(2-1-3-11)8(12)6(5)7/h5-7,11H,1-4,9H2. The van der Waals surface area contributed by atoms with Gasteiger partial charge in [-0.3, -0.25) is 4.79 Å². The lowest BCUT2D eigenvalue weighted by Crippen LogP contribution is -2.34. The van der Waals surface area contributed by atoms with Gasteiger partial charge in [-0.05, 0) is 6.42 Å². The molecule has 0 aromatic rings. The van der Waals surface area contributed by atoms with E-state index in [4.69, 9.17) is 10.8 Å². The van der Waals surface area contributed by atoms with E-state index in [1.165, 1.54) is 0 Å². The fourth-order valence-electron chi connectivity index (χ4n) is 2.00. The van der Waals surface area contributed by atoms with E-state index in [0.717, 1.165) is 6.54 Å². The van der Waals surface area contributed by atoms with Crippen molar-refractivity contribution in [3.8, 4) is 0 Å². The molecule has 2 aliphatic rings. The molecule has 1 saturated heterocycles. The fraction of sp³-hybridized carbons (Fsp3) is 0.875. The average molecular weight is 170 g/mol. The number of nitrogens with zero attached hydrogens (tertiary/aromatic N) is 1. The van der Waals surface area contributed by atoms with E-state index in [0.29, 0.717) is 18.9 Å². The topological polar surface area (TPSA) is 66.6 Å². The van der Waals surface area contributed by atoms with Crippen molar-refractivity contribution in [2.45, 2.75) is 12.5 Å². The van der Waals surface area contributed by atoms with Gasteiger partial charge in [0.2, 0.25) is 5.91 Å². The van der Waals surface area contributed by atoms with E-state index >= 15 is 0 Å². The Kier molecular flexibility index (Phi) is 1.81. The molecule has 3 atom stereocenters. The van der Waals surface area contributed by atoms with Crippen LogP contribution in [0, 0.1) is 11.8 Å². The van der Waals surface area contributed by atoms with E-state index < -0.39 is 0 Å². The van der Waals surface area contributed by atoms with Crippen LogP contribution in [0.1, 0.15) is 6.42 Å². The van der Waals surface area contributed by atoms with Crippen molar-refractivity contribution in [3.05, 3.63) is 0 Å². The Morgan fingerprint density at radius 2 is 2.42 bits per heavy atom. The van der Waals surface area contributed by atoms with E-state index in [1.807, 2.05) is 4.90 Å². The highest BCUT2D eigenvalue weighted by atomic mass is 16.3. The molecule has 1 heterocycles. The van der Waals surface area contributed by atoms with Crippen LogP contribution >= 0.6 is 0 Å². The predicted octanol–water partition coefficient (Wildman–Crippen LogP) is -1.22. The highest BCUT2D eigenvalue weighted by Gasteiger charge is 2.59. The van der Waals surface area contributed by atoms with E-state index in [9.17, 15) is 4.79 Å². The third-order valence-corrected chi connectivity index (χ3v) is 2.84. The van der Waals surface area contributed by atoms with Crippen molar-refractivity contribution in [2.75, 3.05) is 19.7 Å². The summed E-state index contributed by atoms with van der Waals surface area (Å²) in [6, 6.07) is 0.128. The first-order chi connectivity index (χ1) is 5.75. The molecular weight excluding hydrogens is 156 g/mol. The number of aliphatic hydroxyl groups is 1. The summed E-state index contributed by atoms with van der Waals surface area (Å²) < 4.78 is 0. The second kappa shape index (κ2) is 2.71. The summed E-state index contributed by atoms with van der Waals surface area (Å²) in [7, 11) is 0. The molecule has 0 bridgehead atoms. The minimum Gasteiger partial charge on any atom is -0.396 e. The lowest BCUT2D eigenvalue weighted by Gasteiger charge is -2.18. The van der Waals surface area contributed by atoms with Crippen LogP contribution in [0.5, 0.6) is 0 Å². The Balaban J connectivity index is 1.85. The summed E-state index contributed by atoms with van der Waals surface area (Å²) in [4.78, 5) is 13.2. The Labute approximate surface area is 71.3 Å². The summed E-state index contributed by atoms with van der Waals surface area (Å²) in [6.07, 6.45) is 0.681. The van der Waals surface area contributed by atoms with Gasteiger partial charge in [0.15, 0.2) is 0 Å². The minimum absolute atomic E-state index is 0.115. The largest absolute Gasteiger partial charge is 0.396 e. The molecular formula is C8H14N2O2. The highest BCUT2D eigenvalue weighted by Crippen LogP contribution is 2.44. The maximum Gasteiger partial charge on any atom is 0.227 e. The molecule has 4 heteroatoms. The van der Waals surface area contributed by atoms with Crippen molar-refractivity contribution < 1.29 is 9.90 Å². The maximum absolute atomic E-state index is 11.4. The van der Waals surface area contributed by atoms with Crippen LogP contribution in [-0.4, -0.2) is 41.7 Å². The molecule has 0 radical (unpaired) electrons. The number of amides is 1. The minimum atomic E-state index is 0.115. The molecule has 0 aromatic carbocycles. The van der Waals surface area contributed by atoms with Crippen LogP contribution in [-0.2, 0) is 4.79 Å². The van der Waals surface area contributed by atoms with E-state index in [-0.39, 0.29) is 24.5 Å². The van der Waals surface area contributed by atoms with Gasteiger partial charge in [0, 0.05) is 31.7 Å². The predicted molar refractivity (Wildman–Crippen MR) is 43.2 cm³/mol. The number of piperidine rings is 1. The molecule has 4 nitrogen and oxygen atoms in total. The number of likely N-dealkylation sites (tertiary alicyclic amines) is 1. The Bertz CT molecular complexity index is 207. The number of nitrogens with two attached hydrogens (primary N) is 1. The van der Waals surface area contributed by atoms with E-state index in [2.05, 4.69) is 0 Å². The number of carbonyl (C=O) groups excluding carboxylic acids is 1. The summed E-state index contributed by atoms with van der Waals surface area (Å²) >= 11 is 0. The number of aliphatic hydroxyl groups excluding tert-OH is 1. The van der Waals surface area contributed by atoms with Crippen molar-refractivity contribution in [3.63, 3.8) is 0 Å². The molecule has 12 heavy (non-hydrogen) atoms. The van der Waals surface area contributed by atoms with Crippen molar-refractivity contribution in [1.82, 2.24) is 4.90 Å². The van der Waals surface area contributed by atoms with Gasteiger partial charge >= 0.3 is 0 Å². The molecule has 68 valence electrons. The first-order valence-corrected chi connectivity index (χ1v) is 4.41. The Morgan fingerprint density at radius 3 is 2.92 bits per heavy atom. The Hall–Kier alpha value is -0.610. The van der Waals surface area contributed by atoms with E-state index in [1.54, 1.807) is 0 Å². The maximum atomic E-state index is 11.4. The average Bonchev–Trinajstić information content (AvgIpc) is 2.54. The zero-order valence-corrected chi connectivity index (χ0v) is 6.94. The van der Waals surface area contributed by atoms with Gasteiger partial charge < -0.3 is 15.7 Å². The van der Waals surface area contributed by atoms with Crippen LogP contribution in [0.3, 0.4) is 0 Å². The highest BCUT2D eigenvalue weighted by molar-refractivity contribution is 5.86. The number of hydrogen-bond donors (Lipinski definition) is 2. The number of rotatable bonds is 3. The summed E-state index contributed by atoms with van der Waals surface area (Å²) in [6.45, 7) is 1.66. The third kappa shape index (κ3) is 1.03. The SMILES string of the molecule is NC1C2CN(CCCO)C(=O)C12. The smallest absolute Gasteiger partial charge is 0.227 e. The molecule has 1 aliphatic carbocycles. The molecule has 2 fully saturated rings. The first kappa shape index (κ1) is 8.01. The normalized spacial score (nSPS) is 38.7. The quantitative estimate of drug-likeness (QED) is 0.558. The zero-order chi connectivity index (χ0) is 8.72. The summed E-state index contributed by atoms with van der Waals surface area (Å²) in [5, 5.41) is 8.58. The molecule has 3 N–H and O–H groups in total. The van der Waals surface area contributed by atoms with Crippen molar-refractivity contribution >= 4 is 5.91 Å². The van der Waals surface area contributed by atoms with Gasteiger partial charge in [-0.15, -0.1) is 0 Å². The van der Waals surface area contributed by atoms with Gasteiger partial charge in [-0.25, -0.2) is 0 Å². The van der Waals surface area contributed by atoms with Crippen LogP contribution in [0.2, 0.25) is 0 Å². The lowest BCUT2D eigenvalue weighted by molar-refractivity contribution is -0.130. The number of hydrogen-bond acceptors (Lipinski definition) is 3. The number of carbonyl (C=O) groups is 1. The van der Waals surface area contributed by atoms with Crippen LogP contribution < -0.4 is 5.73 Å². The number of fused-ring (bicyclic) bond motifs is 1. The van der Waals surface area contributed by atoms with Gasteiger partial charge in [0.05, 0.1) is 5.92 Å². The van der Waals surface area contributed by atoms with Crippen molar-refractivity contribution in [1.29, 1.82) is 0 Å². The summed E-state index contributed by atoms with van der Waals surface area (Å²) in [5.41, 5.74) is 5.66. The van der Waals surface area contributed by atoms with Gasteiger partial charge in [0.1, 0.15) is 0 Å². The molecule has 2 rings (SSSR count). The van der Waals surface area contributed by atoms with Gasteiger partial charge in [0.25, 0.3) is 0 Å². The summed E-state index contributed by atoms with van der Waals surface area (Å²) in [5.74, 6) is 0.723. The zero-order valence-electron chi connectivity index (χ0n) is 6.94. The van der Waals surface area contributed by atoms with Crippen LogP contribution in [0.4, 0.5) is 0 Å². The Morgan fingerprint density at radius 1 is 1.67 bits per heavy atom. The van der Waals surface area contributed by atoms with Crippen LogP contribution in [0.15, 0.2) is 0 Å². The monoisotopic (exact) mass is 170 g/mol.